The van der Waals surface area contributed by atoms with Gasteiger partial charge < -0.3 is 15.2 Å². The molecule has 0 saturated carbocycles. The maximum atomic E-state index is 12.2. The Morgan fingerprint density at radius 2 is 1.86 bits per heavy atom. The van der Waals surface area contributed by atoms with Crippen molar-refractivity contribution in [1.82, 2.24) is 0 Å². The number of carbonyl (C=O) groups excluding carboxylic acids is 2. The monoisotopic (exact) mass is 327 g/mol. The van der Waals surface area contributed by atoms with Crippen LogP contribution in [0.5, 0.6) is 0 Å². The van der Waals surface area contributed by atoms with Crippen molar-refractivity contribution in [2.24, 2.45) is 0 Å². The third-order valence-electron chi connectivity index (χ3n) is 2.98. The van der Waals surface area contributed by atoms with Gasteiger partial charge in [0.1, 0.15) is 5.00 Å². The van der Waals surface area contributed by atoms with E-state index in [-0.39, 0.29) is 31.3 Å². The Hall–Kier alpha value is -1.89. The van der Waals surface area contributed by atoms with E-state index in [0.29, 0.717) is 10.6 Å². The molecule has 0 fully saturated rings. The number of carboxylic acid groups (broad SMARTS) is 1. The first-order chi connectivity index (χ1) is 10.2. The Labute approximate surface area is 133 Å². The minimum atomic E-state index is -0.934. The molecule has 0 aliphatic heterocycles. The van der Waals surface area contributed by atoms with Crippen LogP contribution in [-0.4, -0.2) is 29.1 Å². The molecule has 1 amide bonds. The smallest absolute Gasteiger partial charge is 0.341 e. The molecule has 2 N–H and O–H groups in total. The SMILES string of the molecule is Cc1sc(NC(=O)CCCC(=O)O)c(C(=O)OC(C)C)c1C. The van der Waals surface area contributed by atoms with Crippen molar-refractivity contribution in [2.75, 3.05) is 5.32 Å². The molecule has 1 rings (SSSR count). The van der Waals surface area contributed by atoms with E-state index < -0.39 is 11.9 Å². The second-order valence-electron chi connectivity index (χ2n) is 5.24. The van der Waals surface area contributed by atoms with Crippen molar-refractivity contribution < 1.29 is 24.2 Å². The fourth-order valence-electron chi connectivity index (χ4n) is 1.82. The maximum absolute atomic E-state index is 12.2. The number of hydrogen-bond donors (Lipinski definition) is 2. The van der Waals surface area contributed by atoms with Crippen LogP contribution in [0, 0.1) is 13.8 Å². The molecule has 0 saturated heterocycles. The lowest BCUT2D eigenvalue weighted by atomic mass is 10.1. The van der Waals surface area contributed by atoms with Gasteiger partial charge >= 0.3 is 11.9 Å². The molecule has 0 atom stereocenters. The molecule has 122 valence electrons. The van der Waals surface area contributed by atoms with E-state index in [9.17, 15) is 14.4 Å². The van der Waals surface area contributed by atoms with Gasteiger partial charge in [-0.25, -0.2) is 4.79 Å². The van der Waals surface area contributed by atoms with Crippen molar-refractivity contribution >= 4 is 34.2 Å². The molecule has 6 nitrogen and oxygen atoms in total. The van der Waals surface area contributed by atoms with Gasteiger partial charge in [0.15, 0.2) is 0 Å². The third-order valence-corrected chi connectivity index (χ3v) is 4.10. The quantitative estimate of drug-likeness (QED) is 0.751. The van der Waals surface area contributed by atoms with Crippen molar-refractivity contribution in [3.05, 3.63) is 16.0 Å². The van der Waals surface area contributed by atoms with Crippen molar-refractivity contribution in [1.29, 1.82) is 0 Å². The Morgan fingerprint density at radius 1 is 1.23 bits per heavy atom. The molecule has 1 aromatic heterocycles. The Bertz CT molecular complexity index is 577. The van der Waals surface area contributed by atoms with E-state index in [4.69, 9.17) is 9.84 Å². The Balaban J connectivity index is 2.82. The van der Waals surface area contributed by atoms with Gasteiger partial charge in [-0.1, -0.05) is 0 Å². The molecule has 0 spiro atoms. The molecule has 0 aliphatic carbocycles. The standard InChI is InChI=1S/C15H21NO5S/c1-8(2)21-15(20)13-9(3)10(4)22-14(13)16-11(17)6-5-7-12(18)19/h8H,5-7H2,1-4H3,(H,16,17)(H,18,19). The summed E-state index contributed by atoms with van der Waals surface area (Å²) in [5.41, 5.74) is 1.17. The number of amides is 1. The van der Waals surface area contributed by atoms with Crippen LogP contribution in [0.15, 0.2) is 0 Å². The van der Waals surface area contributed by atoms with Crippen LogP contribution >= 0.6 is 11.3 Å². The average Bonchev–Trinajstić information content (AvgIpc) is 2.63. The van der Waals surface area contributed by atoms with Crippen LogP contribution in [0.4, 0.5) is 5.00 Å². The summed E-state index contributed by atoms with van der Waals surface area (Å²) in [6, 6.07) is 0. The molecule has 0 aliphatic rings. The molecule has 0 bridgehead atoms. The lowest BCUT2D eigenvalue weighted by molar-refractivity contribution is -0.137. The predicted molar refractivity (Wildman–Crippen MR) is 84.5 cm³/mol. The van der Waals surface area contributed by atoms with Crippen LogP contribution in [0.25, 0.3) is 0 Å². The first-order valence-electron chi connectivity index (χ1n) is 7.05. The summed E-state index contributed by atoms with van der Waals surface area (Å²) in [6.45, 7) is 7.20. The van der Waals surface area contributed by atoms with Crippen molar-refractivity contribution in [2.45, 2.75) is 53.1 Å². The number of carbonyl (C=O) groups is 3. The topological polar surface area (TPSA) is 92.7 Å². The lowest BCUT2D eigenvalue weighted by Crippen LogP contribution is -2.16. The highest BCUT2D eigenvalue weighted by Crippen LogP contribution is 2.33. The number of ether oxygens (including phenoxy) is 1. The molecular weight excluding hydrogens is 306 g/mol. The number of rotatable bonds is 7. The molecule has 0 unspecified atom stereocenters. The number of hydrogen-bond acceptors (Lipinski definition) is 5. The Kier molecular flexibility index (Phi) is 6.55. The van der Waals surface area contributed by atoms with Gasteiger partial charge in [-0.15, -0.1) is 11.3 Å². The third kappa shape index (κ3) is 5.14. The van der Waals surface area contributed by atoms with Crippen LogP contribution in [-0.2, 0) is 14.3 Å². The lowest BCUT2D eigenvalue weighted by Gasteiger charge is -2.10. The first kappa shape index (κ1) is 18.2. The van der Waals surface area contributed by atoms with Gasteiger partial charge in [0.05, 0.1) is 11.7 Å². The second-order valence-corrected chi connectivity index (χ2v) is 6.46. The van der Waals surface area contributed by atoms with E-state index in [2.05, 4.69) is 5.32 Å². The zero-order valence-electron chi connectivity index (χ0n) is 13.2. The fourth-order valence-corrected chi connectivity index (χ4v) is 2.89. The maximum Gasteiger partial charge on any atom is 0.341 e. The molecule has 7 heteroatoms. The predicted octanol–water partition coefficient (Wildman–Crippen LogP) is 3.12. The van der Waals surface area contributed by atoms with Gasteiger partial charge in [0.25, 0.3) is 0 Å². The van der Waals surface area contributed by atoms with E-state index >= 15 is 0 Å². The molecule has 0 radical (unpaired) electrons. The van der Waals surface area contributed by atoms with Crippen molar-refractivity contribution in [3.63, 3.8) is 0 Å². The minimum Gasteiger partial charge on any atom is -0.481 e. The second kappa shape index (κ2) is 7.93. The van der Waals surface area contributed by atoms with Gasteiger partial charge in [-0.3, -0.25) is 9.59 Å². The van der Waals surface area contributed by atoms with Crippen molar-refractivity contribution in [3.8, 4) is 0 Å². The van der Waals surface area contributed by atoms with Gasteiger partial charge in [0, 0.05) is 17.7 Å². The van der Waals surface area contributed by atoms with E-state index in [1.165, 1.54) is 11.3 Å². The van der Waals surface area contributed by atoms with Gasteiger partial charge in [-0.05, 0) is 39.7 Å². The number of aryl methyl sites for hydroxylation is 1. The number of esters is 1. The largest absolute Gasteiger partial charge is 0.481 e. The highest BCUT2D eigenvalue weighted by molar-refractivity contribution is 7.16. The first-order valence-corrected chi connectivity index (χ1v) is 7.86. The number of carboxylic acids is 1. The summed E-state index contributed by atoms with van der Waals surface area (Å²) >= 11 is 1.32. The van der Waals surface area contributed by atoms with Gasteiger partial charge in [-0.2, -0.15) is 0 Å². The fraction of sp³-hybridized carbons (Fsp3) is 0.533. The number of anilines is 1. The van der Waals surface area contributed by atoms with Crippen LogP contribution in [0.3, 0.4) is 0 Å². The molecule has 1 heterocycles. The number of nitrogens with one attached hydrogen (secondary N) is 1. The number of aliphatic carboxylic acids is 1. The summed E-state index contributed by atoms with van der Waals surface area (Å²) in [7, 11) is 0. The molecule has 22 heavy (non-hydrogen) atoms. The summed E-state index contributed by atoms with van der Waals surface area (Å²) in [4.78, 5) is 35.4. The number of thiophene rings is 1. The molecular formula is C15H21NO5S. The average molecular weight is 327 g/mol. The van der Waals surface area contributed by atoms with E-state index in [0.717, 1.165) is 10.4 Å². The highest BCUT2D eigenvalue weighted by atomic mass is 32.1. The van der Waals surface area contributed by atoms with E-state index in [1.807, 2.05) is 13.8 Å². The summed E-state index contributed by atoms with van der Waals surface area (Å²) in [6.07, 6.45) is 0.0568. The zero-order valence-corrected chi connectivity index (χ0v) is 14.0. The van der Waals surface area contributed by atoms with Crippen LogP contribution < -0.4 is 5.32 Å². The minimum absolute atomic E-state index is 0.0574. The molecule has 1 aromatic rings. The summed E-state index contributed by atoms with van der Waals surface area (Å²) < 4.78 is 5.20. The normalized spacial score (nSPS) is 10.6. The van der Waals surface area contributed by atoms with Crippen LogP contribution in [0.2, 0.25) is 0 Å². The summed E-state index contributed by atoms with van der Waals surface area (Å²) in [5.74, 6) is -1.70. The van der Waals surface area contributed by atoms with Crippen LogP contribution in [0.1, 0.15) is 53.9 Å². The van der Waals surface area contributed by atoms with E-state index in [1.54, 1.807) is 13.8 Å². The highest BCUT2D eigenvalue weighted by Gasteiger charge is 2.22. The zero-order chi connectivity index (χ0) is 16.9. The Morgan fingerprint density at radius 3 is 2.41 bits per heavy atom. The summed E-state index contributed by atoms with van der Waals surface area (Å²) in [5, 5.41) is 11.7. The van der Waals surface area contributed by atoms with Gasteiger partial charge in [0.2, 0.25) is 5.91 Å². The molecule has 0 aromatic carbocycles.